The van der Waals surface area contributed by atoms with Crippen LogP contribution >= 0.6 is 11.6 Å². The molecule has 2 rings (SSSR count). The Morgan fingerprint density at radius 1 is 1.45 bits per heavy atom. The van der Waals surface area contributed by atoms with Crippen molar-refractivity contribution in [3.8, 4) is 0 Å². The van der Waals surface area contributed by atoms with Crippen molar-refractivity contribution in [3.05, 3.63) is 35.0 Å². The average molecular weight is 295 g/mol. The Balaban J connectivity index is 1.85. The minimum absolute atomic E-state index is 0.216. The molecule has 0 aromatic carbocycles. The monoisotopic (exact) mass is 294 g/mol. The molecule has 7 nitrogen and oxygen atoms in total. The molecule has 3 N–H and O–H groups in total. The van der Waals surface area contributed by atoms with Gasteiger partial charge in [-0.25, -0.2) is 9.97 Å². The Hall–Kier alpha value is -2.15. The minimum atomic E-state index is -0.216. The number of rotatable bonds is 6. The van der Waals surface area contributed by atoms with Gasteiger partial charge in [0.15, 0.2) is 0 Å². The highest BCUT2D eigenvalue weighted by atomic mass is 35.5. The van der Waals surface area contributed by atoms with Crippen LogP contribution in [0.25, 0.3) is 0 Å². The highest BCUT2D eigenvalue weighted by Gasteiger charge is 2.11. The summed E-state index contributed by atoms with van der Waals surface area (Å²) in [5, 5.41) is 12.5. The van der Waals surface area contributed by atoms with Gasteiger partial charge in [0.2, 0.25) is 0 Å². The number of carbonyl (C=O) groups is 1. The van der Waals surface area contributed by atoms with Crippen molar-refractivity contribution in [1.29, 1.82) is 0 Å². The smallest absolute Gasteiger partial charge is 0.252 e. The van der Waals surface area contributed by atoms with E-state index in [1.165, 1.54) is 12.5 Å². The lowest BCUT2D eigenvalue weighted by atomic mass is 10.2. The fraction of sp³-hybridized carbons (Fsp3) is 0.333. The number of pyridine rings is 1. The lowest BCUT2D eigenvalue weighted by molar-refractivity contribution is 0.0953. The summed E-state index contributed by atoms with van der Waals surface area (Å²) in [7, 11) is 1.73. The van der Waals surface area contributed by atoms with Crippen molar-refractivity contribution in [1.82, 2.24) is 25.5 Å². The molecule has 0 aliphatic rings. The molecule has 0 spiro atoms. The maximum Gasteiger partial charge on any atom is 0.252 e. The number of halogens is 1. The molecule has 0 unspecified atom stereocenters. The first-order chi connectivity index (χ1) is 9.70. The number of amides is 1. The van der Waals surface area contributed by atoms with E-state index in [0.717, 1.165) is 18.7 Å². The summed E-state index contributed by atoms with van der Waals surface area (Å²) in [6.45, 7) is 0.535. The van der Waals surface area contributed by atoms with Gasteiger partial charge in [-0.3, -0.25) is 9.89 Å². The number of aromatic amines is 1. The SMILES string of the molecule is CNc1cc(C(=O)NCCCc2ncn[nH]2)c(Cl)cn1. The van der Waals surface area contributed by atoms with E-state index in [0.29, 0.717) is 22.9 Å². The van der Waals surface area contributed by atoms with E-state index < -0.39 is 0 Å². The first-order valence-electron chi connectivity index (χ1n) is 6.16. The lowest BCUT2D eigenvalue weighted by Gasteiger charge is -2.07. The van der Waals surface area contributed by atoms with Gasteiger partial charge in [0, 0.05) is 26.2 Å². The predicted octanol–water partition coefficient (Wildman–Crippen LogP) is 1.26. The van der Waals surface area contributed by atoms with E-state index in [2.05, 4.69) is 30.8 Å². The van der Waals surface area contributed by atoms with Gasteiger partial charge in [0.25, 0.3) is 5.91 Å². The van der Waals surface area contributed by atoms with Crippen molar-refractivity contribution >= 4 is 23.3 Å². The fourth-order valence-electron chi connectivity index (χ4n) is 1.65. The first-order valence-corrected chi connectivity index (χ1v) is 6.54. The number of H-pyrrole nitrogens is 1. The summed E-state index contributed by atoms with van der Waals surface area (Å²) >= 11 is 5.97. The number of nitrogens with one attached hydrogen (secondary N) is 3. The van der Waals surface area contributed by atoms with Crippen LogP contribution in [0.4, 0.5) is 5.82 Å². The second-order valence-electron chi connectivity index (χ2n) is 4.09. The maximum absolute atomic E-state index is 12.0. The number of hydrogen-bond acceptors (Lipinski definition) is 5. The number of carbonyl (C=O) groups excluding carboxylic acids is 1. The van der Waals surface area contributed by atoms with E-state index in [-0.39, 0.29) is 5.91 Å². The maximum atomic E-state index is 12.0. The van der Waals surface area contributed by atoms with Crippen molar-refractivity contribution in [3.63, 3.8) is 0 Å². The zero-order valence-corrected chi connectivity index (χ0v) is 11.7. The molecule has 2 aromatic rings. The van der Waals surface area contributed by atoms with Gasteiger partial charge in [-0.05, 0) is 12.5 Å². The number of hydrogen-bond donors (Lipinski definition) is 3. The molecule has 8 heteroatoms. The van der Waals surface area contributed by atoms with Crippen molar-refractivity contribution < 1.29 is 4.79 Å². The van der Waals surface area contributed by atoms with Crippen LogP contribution in [-0.2, 0) is 6.42 Å². The molecule has 0 atom stereocenters. The lowest BCUT2D eigenvalue weighted by Crippen LogP contribution is -2.25. The molecule has 0 aliphatic carbocycles. The molecule has 0 fully saturated rings. The molecular weight excluding hydrogens is 280 g/mol. The van der Waals surface area contributed by atoms with Crippen LogP contribution in [0, 0.1) is 0 Å². The molecule has 0 aliphatic heterocycles. The molecule has 1 amide bonds. The second-order valence-corrected chi connectivity index (χ2v) is 4.50. The number of aromatic nitrogens is 4. The summed E-state index contributed by atoms with van der Waals surface area (Å²) < 4.78 is 0. The number of nitrogens with zero attached hydrogens (tertiary/aromatic N) is 3. The van der Waals surface area contributed by atoms with Crippen LogP contribution in [0.5, 0.6) is 0 Å². The second kappa shape index (κ2) is 6.85. The Labute approximate surface area is 121 Å². The van der Waals surface area contributed by atoms with Gasteiger partial charge in [-0.1, -0.05) is 11.6 Å². The Bertz CT molecular complexity index is 571. The zero-order chi connectivity index (χ0) is 14.4. The third-order valence-electron chi connectivity index (χ3n) is 2.70. The van der Waals surface area contributed by atoms with E-state index in [9.17, 15) is 4.79 Å². The van der Waals surface area contributed by atoms with Crippen LogP contribution in [0.3, 0.4) is 0 Å². The van der Waals surface area contributed by atoms with E-state index in [4.69, 9.17) is 11.6 Å². The molecule has 2 heterocycles. The molecular formula is C12H15ClN6O. The normalized spacial score (nSPS) is 10.3. The van der Waals surface area contributed by atoms with Crippen LogP contribution in [0.2, 0.25) is 5.02 Å². The molecule has 0 bridgehead atoms. The van der Waals surface area contributed by atoms with Gasteiger partial charge in [-0.15, -0.1) is 0 Å². The highest BCUT2D eigenvalue weighted by Crippen LogP contribution is 2.17. The highest BCUT2D eigenvalue weighted by molar-refractivity contribution is 6.33. The van der Waals surface area contributed by atoms with Gasteiger partial charge >= 0.3 is 0 Å². The molecule has 0 saturated carbocycles. The molecule has 106 valence electrons. The standard InChI is InChI=1S/C12H15ClN6O/c1-14-11-5-8(9(13)6-16-11)12(20)15-4-2-3-10-17-7-18-19-10/h5-7H,2-4H2,1H3,(H,14,16)(H,15,20)(H,17,18,19). The van der Waals surface area contributed by atoms with E-state index in [1.807, 2.05) is 0 Å². The average Bonchev–Trinajstić information content (AvgIpc) is 2.97. The van der Waals surface area contributed by atoms with Crippen LogP contribution in [0.15, 0.2) is 18.6 Å². The third-order valence-corrected chi connectivity index (χ3v) is 3.00. The summed E-state index contributed by atoms with van der Waals surface area (Å²) in [4.78, 5) is 20.0. The van der Waals surface area contributed by atoms with Crippen LogP contribution in [0.1, 0.15) is 22.6 Å². The molecule has 0 saturated heterocycles. The minimum Gasteiger partial charge on any atom is -0.373 e. The summed E-state index contributed by atoms with van der Waals surface area (Å²) in [6.07, 6.45) is 4.41. The number of aryl methyl sites for hydroxylation is 1. The van der Waals surface area contributed by atoms with Crippen molar-refractivity contribution in [2.45, 2.75) is 12.8 Å². The Morgan fingerprint density at radius 2 is 2.30 bits per heavy atom. The van der Waals surface area contributed by atoms with Crippen molar-refractivity contribution in [2.75, 3.05) is 18.9 Å². The Morgan fingerprint density at radius 3 is 3.00 bits per heavy atom. The van der Waals surface area contributed by atoms with Crippen molar-refractivity contribution in [2.24, 2.45) is 0 Å². The van der Waals surface area contributed by atoms with Gasteiger partial charge in [-0.2, -0.15) is 5.10 Å². The first kappa shape index (κ1) is 14.3. The van der Waals surface area contributed by atoms with E-state index in [1.54, 1.807) is 13.1 Å². The van der Waals surface area contributed by atoms with Crippen LogP contribution < -0.4 is 10.6 Å². The predicted molar refractivity (Wildman–Crippen MR) is 75.8 cm³/mol. The topological polar surface area (TPSA) is 95.6 Å². The molecule has 2 aromatic heterocycles. The molecule has 20 heavy (non-hydrogen) atoms. The summed E-state index contributed by atoms with van der Waals surface area (Å²) in [6, 6.07) is 1.62. The summed E-state index contributed by atoms with van der Waals surface area (Å²) in [5.41, 5.74) is 0.408. The molecule has 0 radical (unpaired) electrons. The van der Waals surface area contributed by atoms with Gasteiger partial charge < -0.3 is 10.6 Å². The Kier molecular flexibility index (Phi) is 4.89. The quantitative estimate of drug-likeness (QED) is 0.697. The largest absolute Gasteiger partial charge is 0.373 e. The van der Waals surface area contributed by atoms with Crippen LogP contribution in [-0.4, -0.2) is 39.7 Å². The third kappa shape index (κ3) is 3.67. The number of anilines is 1. The van der Waals surface area contributed by atoms with Gasteiger partial charge in [0.1, 0.15) is 18.0 Å². The fourth-order valence-corrected chi connectivity index (χ4v) is 1.84. The summed E-state index contributed by atoms with van der Waals surface area (Å²) in [5.74, 6) is 1.19. The zero-order valence-electron chi connectivity index (χ0n) is 11.0. The van der Waals surface area contributed by atoms with Gasteiger partial charge in [0.05, 0.1) is 10.6 Å². The van der Waals surface area contributed by atoms with E-state index >= 15 is 0 Å².